The normalized spacial score (nSPS) is 9.74. The van der Waals surface area contributed by atoms with E-state index < -0.39 is 0 Å². The second kappa shape index (κ2) is 35.5. The van der Waals surface area contributed by atoms with Crippen LogP contribution in [0.25, 0.3) is 0 Å². The van der Waals surface area contributed by atoms with Gasteiger partial charge in [0.05, 0.1) is 32.1 Å². The summed E-state index contributed by atoms with van der Waals surface area (Å²) in [6.07, 6.45) is 0. The van der Waals surface area contributed by atoms with Crippen LogP contribution in [0.4, 0.5) is 0 Å². The molecule has 78 heavy (non-hydrogen) atoms. The average Bonchev–Trinajstić information content (AvgIpc) is 4.05. The fourth-order valence-corrected chi connectivity index (χ4v) is 12.1. The van der Waals surface area contributed by atoms with E-state index in [1.54, 1.807) is 34.0 Å². The molecule has 0 fully saturated rings. The van der Waals surface area contributed by atoms with Crippen molar-refractivity contribution in [1.29, 1.82) is 0 Å². The van der Waals surface area contributed by atoms with Gasteiger partial charge in [-0.2, -0.15) is 0 Å². The van der Waals surface area contributed by atoms with E-state index in [1.165, 1.54) is 139 Å². The van der Waals surface area contributed by atoms with Crippen LogP contribution in [0.5, 0.6) is 0 Å². The fourth-order valence-electron chi connectivity index (χ4n) is 7.45. The van der Waals surface area contributed by atoms with Crippen molar-refractivity contribution in [2.24, 2.45) is 0 Å². The lowest BCUT2D eigenvalue weighted by Crippen LogP contribution is -1.98. The highest BCUT2D eigenvalue weighted by molar-refractivity contribution is 7.13. The highest BCUT2D eigenvalue weighted by Gasteiger charge is 2.07. The zero-order valence-corrected chi connectivity index (χ0v) is 56.8. The largest absolute Gasteiger partial charge is 0.258 e. The lowest BCUT2D eigenvalue weighted by atomic mass is 10.0. The highest BCUT2D eigenvalue weighted by Crippen LogP contribution is 2.26. The van der Waals surface area contributed by atoms with Crippen molar-refractivity contribution in [3.05, 3.63) is 173 Å². The molecule has 0 saturated carbocycles. The first kappa shape index (κ1) is 78.0. The molecule has 8 aromatic heterocycles. The van der Waals surface area contributed by atoms with E-state index in [0.717, 1.165) is 34.2 Å². The van der Waals surface area contributed by atoms with E-state index in [4.69, 9.17) is 0 Å². The van der Waals surface area contributed by atoms with Crippen molar-refractivity contribution in [3.8, 4) is 0 Å². The van der Waals surface area contributed by atoms with Crippen LogP contribution in [-0.4, -0.2) is 29.9 Å². The molecule has 11 heteroatoms. The number of pyridine rings is 3. The maximum absolute atomic E-state index is 4.43. The summed E-state index contributed by atoms with van der Waals surface area (Å²) in [4.78, 5) is 35.8. The lowest BCUT2D eigenvalue weighted by Gasteiger charge is -2.09. The second-order valence-electron chi connectivity index (χ2n) is 20.0. The molecule has 0 unspecified atom stereocenters. The van der Waals surface area contributed by atoms with E-state index >= 15 is 0 Å². The van der Waals surface area contributed by atoms with Gasteiger partial charge in [-0.3, -0.25) is 15.0 Å². The van der Waals surface area contributed by atoms with E-state index in [9.17, 15) is 0 Å². The van der Waals surface area contributed by atoms with Crippen molar-refractivity contribution in [1.82, 2.24) is 29.9 Å². The molecule has 0 aliphatic rings. The van der Waals surface area contributed by atoms with Gasteiger partial charge in [-0.15, -0.1) is 56.7 Å². The van der Waals surface area contributed by atoms with Gasteiger partial charge in [-0.1, -0.05) is 22.3 Å². The summed E-state index contributed by atoms with van der Waals surface area (Å²) in [5, 5.41) is 3.50. The summed E-state index contributed by atoms with van der Waals surface area (Å²) in [5.74, 6) is 0. The number of aromatic nitrogens is 6. The Morgan fingerprint density at radius 2 is 0.308 bits per heavy atom. The van der Waals surface area contributed by atoms with Crippen LogP contribution in [0.1, 0.15) is 195 Å². The Morgan fingerprint density at radius 3 is 0.385 bits per heavy atom. The molecule has 0 atom stereocenters. The summed E-state index contributed by atoms with van der Waals surface area (Å²) >= 11 is 9.07. The maximum Gasteiger partial charge on any atom is 0.0899 e. The zero-order chi connectivity index (χ0) is 58.3. The molecule has 8 rings (SSSR count). The smallest absolute Gasteiger partial charge is 0.0899 e. The SMILES string of the molecule is C.C.C.Cc1nc(C)c(C)c(C)c1C.Cc1nc(C)c(C)c(C)c1C.Cc1nc(C)c(C)c(C)c1C.Cc1nc(C)c(C)s1.Cc1nc(C)c(C)s1.Cc1nc(C)c(C)s1.Cc1sc(C)c(C)c1C.Cc1sc(C)c(C)c1C. The molecule has 0 bridgehead atoms. The predicted octanol–water partition coefficient (Wildman–Crippen LogP) is 21.9. The van der Waals surface area contributed by atoms with Gasteiger partial charge in [-0.05, 0) is 294 Å². The molecule has 0 aliphatic carbocycles. The minimum atomic E-state index is 0. The molecule has 0 N–H and O–H groups in total. The Bertz CT molecular complexity index is 2650. The molecule has 0 spiro atoms. The van der Waals surface area contributed by atoms with Crippen LogP contribution in [0.15, 0.2) is 0 Å². The van der Waals surface area contributed by atoms with Crippen LogP contribution in [-0.2, 0) is 0 Å². The van der Waals surface area contributed by atoms with Crippen molar-refractivity contribution in [2.75, 3.05) is 0 Å². The first-order chi connectivity index (χ1) is 34.5. The quantitative estimate of drug-likeness (QED) is 0.151. The molecule has 8 heterocycles. The monoisotopic (exact) mass is 1160 g/mol. The Labute approximate surface area is 499 Å². The number of thiazole rings is 3. The van der Waals surface area contributed by atoms with E-state index in [0.29, 0.717) is 0 Å². The number of rotatable bonds is 0. The van der Waals surface area contributed by atoms with Gasteiger partial charge in [-0.25, -0.2) is 15.0 Å². The lowest BCUT2D eigenvalue weighted by molar-refractivity contribution is 1.03. The highest BCUT2D eigenvalue weighted by atomic mass is 32.1. The summed E-state index contributed by atoms with van der Waals surface area (Å²) < 4.78 is 0. The molecule has 0 amide bonds. The van der Waals surface area contributed by atoms with Gasteiger partial charge in [0.15, 0.2) is 0 Å². The van der Waals surface area contributed by atoms with Gasteiger partial charge in [0, 0.05) is 68.3 Å². The van der Waals surface area contributed by atoms with Crippen molar-refractivity contribution in [3.63, 3.8) is 0 Å². The van der Waals surface area contributed by atoms with E-state index in [1.807, 2.05) is 64.2 Å². The van der Waals surface area contributed by atoms with Gasteiger partial charge < -0.3 is 0 Å². The third-order valence-electron chi connectivity index (χ3n) is 14.9. The van der Waals surface area contributed by atoms with Crippen molar-refractivity contribution in [2.45, 2.75) is 244 Å². The first-order valence-electron chi connectivity index (χ1n) is 26.0. The van der Waals surface area contributed by atoms with Gasteiger partial charge in [0.25, 0.3) is 0 Å². The van der Waals surface area contributed by atoms with Crippen LogP contribution in [0, 0.1) is 222 Å². The van der Waals surface area contributed by atoms with Crippen LogP contribution in [0.3, 0.4) is 0 Å². The molecule has 6 nitrogen and oxygen atoms in total. The Balaban J connectivity index is -0.000000822. The molecule has 0 aliphatic heterocycles. The summed E-state index contributed by atoms with van der Waals surface area (Å²) in [6, 6.07) is 0. The molecular weight excluding hydrogens is 1050 g/mol. The molecule has 0 saturated heterocycles. The van der Waals surface area contributed by atoms with E-state index in [2.05, 4.69) is 210 Å². The van der Waals surface area contributed by atoms with Crippen molar-refractivity contribution < 1.29 is 0 Å². The Hall–Kier alpha value is -4.26. The molecule has 436 valence electrons. The van der Waals surface area contributed by atoms with Crippen molar-refractivity contribution >= 4 is 56.7 Å². The Kier molecular flexibility index (Phi) is 35.5. The summed E-state index contributed by atoms with van der Waals surface area (Å²) in [5.41, 5.74) is 28.5. The predicted molar refractivity (Wildman–Crippen MR) is 359 cm³/mol. The summed E-state index contributed by atoms with van der Waals surface area (Å²) in [7, 11) is 0. The topological polar surface area (TPSA) is 77.3 Å². The van der Waals surface area contributed by atoms with Crippen LogP contribution in [0.2, 0.25) is 0 Å². The third kappa shape index (κ3) is 23.4. The van der Waals surface area contributed by atoms with Gasteiger partial charge in [0.2, 0.25) is 0 Å². The average molecular weight is 1160 g/mol. The third-order valence-corrected chi connectivity index (χ3v) is 20.3. The minimum Gasteiger partial charge on any atom is -0.258 e. The number of hydrogen-bond acceptors (Lipinski definition) is 11. The molecule has 8 aromatic rings. The Morgan fingerprint density at radius 1 is 0.154 bits per heavy atom. The number of thiophene rings is 2. The number of hydrogen-bond donors (Lipinski definition) is 0. The second-order valence-corrected chi connectivity index (χ2v) is 27.1. The van der Waals surface area contributed by atoms with Crippen LogP contribution < -0.4 is 0 Å². The van der Waals surface area contributed by atoms with E-state index in [-0.39, 0.29) is 22.3 Å². The molecule has 0 radical (unpaired) electrons. The number of nitrogens with zero attached hydrogens (tertiary/aromatic N) is 6. The summed E-state index contributed by atoms with van der Waals surface area (Å²) in [6.45, 7) is 67.6. The zero-order valence-electron chi connectivity index (χ0n) is 52.7. The fraction of sp³-hybridized carbons (Fsp3) is 0.522. The number of aryl methyl sites for hydroxylation is 19. The molecular formula is C67H108N6S5. The van der Waals surface area contributed by atoms with Gasteiger partial charge in [0.1, 0.15) is 0 Å². The maximum atomic E-state index is 4.43. The minimum absolute atomic E-state index is 0. The first-order valence-corrected chi connectivity index (χ1v) is 30.1. The molecule has 0 aromatic carbocycles. The van der Waals surface area contributed by atoms with Gasteiger partial charge >= 0.3 is 0 Å². The van der Waals surface area contributed by atoms with Crippen LogP contribution >= 0.6 is 56.7 Å². The standard InChI is InChI=1S/3C10H15N.2C8H12S.3C6H9NS.3CH4/c3*1-6-7(2)9(4)11-10(5)8(6)3;2*1-5-6(2)8(4)9-7(5)3;3*1-4-5(2)8-6(3)7-4;;;/h3*1-5H3;2*1-4H3;3*1-3H3;3*1H4.